The number of nitrogens with one attached hydrogen (secondary N) is 1. The fourth-order valence-electron chi connectivity index (χ4n) is 10.5. The summed E-state index contributed by atoms with van der Waals surface area (Å²) in [5.74, 6) is -6.14. The van der Waals surface area contributed by atoms with Crippen molar-refractivity contribution in [2.24, 2.45) is 43.9 Å². The summed E-state index contributed by atoms with van der Waals surface area (Å²) in [5.41, 5.74) is 1.87. The van der Waals surface area contributed by atoms with Gasteiger partial charge in [-0.1, -0.05) is 251 Å². The molecule has 37 heteroatoms. The SMILES string of the molecule is CC(=O)C(=O)O/N=C/c1cccc[n+]1C.CC(C)C(=O)O/N=C/c1cccnc1.N#C/C(=N\OC(=O)c1cccc2c1-c1ccccc1C2=O)c1ccccc1.O=C(N/C(=N\OC(=O)c1ccccc1)c1cccc(C(F)(F)F)c1)c1ccccc1.O=C(O/N=C(\c1ccccc1)c1ccccn1)c1ccccc1.O=C(O/N=C/c1ccc(F)cc1)c1ccccc1.O=S(=O)([O-])C(F)(F)F. The predicted molar refractivity (Wildman–Crippen MR) is 478 cm³/mol. The molecule has 0 atom stereocenters. The maximum Gasteiger partial charge on any atom is 0.485 e. The highest BCUT2D eigenvalue weighted by Gasteiger charge is 2.37. The number of amidine groups is 1. The van der Waals surface area contributed by atoms with Gasteiger partial charge in [-0.15, -0.1) is 0 Å². The number of aryl methyl sites for hydroxylation is 1. The zero-order valence-corrected chi connectivity index (χ0v) is 71.9. The minimum absolute atomic E-state index is 0.00648. The summed E-state index contributed by atoms with van der Waals surface area (Å²) in [7, 11) is -4.26. The molecule has 3 aromatic heterocycles. The lowest BCUT2D eigenvalue weighted by atomic mass is 10.00. The smallest absolute Gasteiger partial charge is 0.485 e. The molecule has 0 fully saturated rings. The molecule has 1 amide bonds. The Kier molecular flexibility index (Phi) is 39.5. The zero-order valence-electron chi connectivity index (χ0n) is 71.1. The Hall–Kier alpha value is -17.8. The van der Waals surface area contributed by atoms with Crippen LogP contribution in [-0.4, -0.2) is 118 Å². The van der Waals surface area contributed by atoms with Crippen molar-refractivity contribution in [3.8, 4) is 17.2 Å². The summed E-state index contributed by atoms with van der Waals surface area (Å²) in [6.07, 6.45) is 6.37. The van der Waals surface area contributed by atoms with Crippen LogP contribution in [0.2, 0.25) is 0 Å². The second-order valence-corrected chi connectivity index (χ2v) is 28.5. The van der Waals surface area contributed by atoms with Gasteiger partial charge in [-0.3, -0.25) is 24.4 Å². The molecule has 684 valence electrons. The minimum Gasteiger partial charge on any atom is -0.741 e. The molecule has 135 heavy (non-hydrogen) atoms. The van der Waals surface area contributed by atoms with Gasteiger partial charge >= 0.3 is 47.5 Å². The van der Waals surface area contributed by atoms with Crippen molar-refractivity contribution in [3.05, 3.63) is 436 Å². The van der Waals surface area contributed by atoms with Crippen LogP contribution in [0.25, 0.3) is 11.1 Å². The Balaban J connectivity index is 0.000000199. The molecule has 10 aromatic carbocycles. The van der Waals surface area contributed by atoms with Crippen molar-refractivity contribution >= 4 is 99.3 Å². The third kappa shape index (κ3) is 33.7. The van der Waals surface area contributed by atoms with E-state index in [4.69, 9.17) is 32.3 Å². The van der Waals surface area contributed by atoms with Gasteiger partial charge in [-0.05, 0) is 114 Å². The fraction of sp³-hybridized carbons (Fsp3) is 0.0714. The van der Waals surface area contributed by atoms with E-state index in [2.05, 4.69) is 55.9 Å². The lowest BCUT2D eigenvalue weighted by Crippen LogP contribution is -2.32. The van der Waals surface area contributed by atoms with Gasteiger partial charge in [0.05, 0.1) is 51.9 Å². The molecule has 0 radical (unpaired) electrons. The van der Waals surface area contributed by atoms with Crippen LogP contribution in [0, 0.1) is 23.1 Å². The number of aromatic nitrogens is 3. The predicted octanol–water partition coefficient (Wildman–Crippen LogP) is 17.0. The van der Waals surface area contributed by atoms with Crippen LogP contribution in [0.3, 0.4) is 0 Å². The number of hydrogen-bond donors (Lipinski definition) is 1. The molecule has 0 saturated carbocycles. The number of ketones is 2. The van der Waals surface area contributed by atoms with Gasteiger partial charge in [0.25, 0.3) is 5.91 Å². The normalized spacial score (nSPS) is 11.4. The first-order chi connectivity index (χ1) is 64.7. The number of nitriles is 1. The van der Waals surface area contributed by atoms with E-state index in [0.29, 0.717) is 55.9 Å². The van der Waals surface area contributed by atoms with Crippen LogP contribution in [0.1, 0.15) is 133 Å². The monoisotopic (exact) mass is 1860 g/mol. The van der Waals surface area contributed by atoms with Gasteiger partial charge in [-0.2, -0.15) is 31.6 Å². The van der Waals surface area contributed by atoms with Gasteiger partial charge < -0.3 is 38.9 Å². The fourth-order valence-corrected chi connectivity index (χ4v) is 10.5. The maximum absolute atomic E-state index is 13.1. The van der Waals surface area contributed by atoms with Gasteiger partial charge in [0, 0.05) is 82.2 Å². The number of halogens is 7. The van der Waals surface area contributed by atoms with Crippen molar-refractivity contribution in [3.63, 3.8) is 0 Å². The van der Waals surface area contributed by atoms with E-state index in [1.54, 1.807) is 201 Å². The number of hydrogen-bond acceptors (Lipinski definition) is 27. The van der Waals surface area contributed by atoms with Crippen LogP contribution >= 0.6 is 0 Å². The van der Waals surface area contributed by atoms with Gasteiger partial charge in [0.15, 0.2) is 33.6 Å². The number of alkyl halides is 6. The number of carbonyl (C=O) groups excluding carboxylic acids is 9. The summed E-state index contributed by atoms with van der Waals surface area (Å²) in [6.45, 7) is 4.63. The second kappa shape index (κ2) is 52.0. The van der Waals surface area contributed by atoms with E-state index >= 15 is 0 Å². The third-order valence-electron chi connectivity index (χ3n) is 17.2. The lowest BCUT2D eigenvalue weighted by Gasteiger charge is -2.11. The first kappa shape index (κ1) is 103. The average molecular weight is 1860 g/mol. The minimum atomic E-state index is -6.09. The summed E-state index contributed by atoms with van der Waals surface area (Å²) >= 11 is 0. The molecule has 1 aliphatic carbocycles. The highest BCUT2D eigenvalue weighted by Crippen LogP contribution is 2.39. The number of benzene rings is 10. The van der Waals surface area contributed by atoms with E-state index in [9.17, 15) is 79.1 Å². The van der Waals surface area contributed by atoms with Crippen molar-refractivity contribution in [1.82, 2.24) is 15.3 Å². The molecule has 14 rings (SSSR count). The average Bonchev–Trinajstić information content (AvgIpc) is 1.60. The Morgan fingerprint density at radius 2 is 0.956 bits per heavy atom. The van der Waals surface area contributed by atoms with Crippen LogP contribution in [0.15, 0.2) is 377 Å². The van der Waals surface area contributed by atoms with E-state index in [-0.39, 0.29) is 57.3 Å². The molecule has 0 spiro atoms. The Labute approximate surface area is 765 Å². The Bertz CT molecular complexity index is 6550. The molecule has 3 heterocycles. The third-order valence-corrected chi connectivity index (χ3v) is 17.8. The second-order valence-electron chi connectivity index (χ2n) is 27.2. The molecule has 0 bridgehead atoms. The molecule has 0 aliphatic heterocycles. The van der Waals surface area contributed by atoms with Crippen LogP contribution < -0.4 is 9.88 Å². The highest BCUT2D eigenvalue weighted by atomic mass is 32.2. The summed E-state index contributed by atoms with van der Waals surface area (Å²) in [6, 6.07) is 89.8. The largest absolute Gasteiger partial charge is 0.741 e. The van der Waals surface area contributed by atoms with Crippen LogP contribution in [0.4, 0.5) is 30.7 Å². The molecule has 29 nitrogen and oxygen atoms in total. The first-order valence-electron chi connectivity index (χ1n) is 39.3. The van der Waals surface area contributed by atoms with Gasteiger partial charge in [0.2, 0.25) is 11.5 Å². The molecule has 13 aromatic rings. The number of oxime groups is 6. The Morgan fingerprint density at radius 3 is 1.47 bits per heavy atom. The van der Waals surface area contributed by atoms with E-state index in [0.717, 1.165) is 35.9 Å². The summed E-state index contributed by atoms with van der Waals surface area (Å²) in [4.78, 5) is 142. The number of amides is 1. The van der Waals surface area contributed by atoms with Gasteiger partial charge in [0.1, 0.15) is 30.9 Å². The summed E-state index contributed by atoms with van der Waals surface area (Å²) in [5, 5.41) is 33.6. The number of Topliss-reactive ketones (excluding diaryl/α,β-unsaturated/α-hetero) is 1. The number of rotatable bonds is 20. The molecule has 1 aliphatic rings. The quantitative estimate of drug-likeness (QED) is 0.00852. The van der Waals surface area contributed by atoms with Crippen LogP contribution in [-0.2, 0) is 66.8 Å². The number of carbonyl (C=O) groups is 9. The molecule has 0 saturated heterocycles. The van der Waals surface area contributed by atoms with Crippen molar-refractivity contribution in [2.75, 3.05) is 0 Å². The first-order valence-corrected chi connectivity index (χ1v) is 40.7. The van der Waals surface area contributed by atoms with Crippen molar-refractivity contribution < 1.29 is 120 Å². The number of pyridine rings is 3. The highest BCUT2D eigenvalue weighted by molar-refractivity contribution is 7.86. The van der Waals surface area contributed by atoms with E-state index < -0.39 is 68.9 Å². The van der Waals surface area contributed by atoms with Gasteiger partial charge in [-0.25, -0.2) is 46.1 Å². The molecular weight excluding hydrogens is 1780 g/mol. The van der Waals surface area contributed by atoms with Crippen LogP contribution in [0.5, 0.6) is 0 Å². The standard InChI is InChI=1S/C22H15F3N2O3.C22H12N2O3.C19H14N2O2.C14H10FNO2.C10H11N2O3.C10H12N2O2.CHF3O3S/c23-22(24,25)18-13-7-12-17(14-18)19(26-20(28)15-8-3-1-4-9-15)27-30-21(29)16-10-5-2-6-11-16;23-13-19(14-7-2-1-3-8-14)24-27-22(26)18-12-6-11-17-20(18)15-9-4-5-10-16(15)21(17)25;22-19(16-11-5-2-6-12-16)23-21-18(15-9-3-1-4-10-15)17-13-7-8-14-20-17;15-13-8-6-11(7-9-13)10-16-18-14(17)12-4-2-1-3-5-12;1-8(13)10(14)15-11-7-9-5-3-4-6-12(9)2;1-8(2)10(13)14-12-7-9-4-3-5-11-6-9;2-1(3,4)8(5,6)7/h1-14H,(H,26,27,28);1-12H;1-14H;1-10H;3-7H,1-2H3;3-8H,1-2H3;(H,5,6,7)/q;;;;+1;;/p-1/b;24-19+;21-18+;16-10+;11-7+;12-7+;. The summed E-state index contributed by atoms with van der Waals surface area (Å²) < 4.78 is 113. The topological polar surface area (TPSA) is 406 Å². The molecular formula is C98H74F7N11O18S. The number of nitrogens with zero attached hydrogens (tertiary/aromatic N) is 10. The lowest BCUT2D eigenvalue weighted by molar-refractivity contribution is -0.672. The van der Waals surface area contributed by atoms with E-state index in [1.807, 2.05) is 104 Å². The zero-order chi connectivity index (χ0) is 97.7. The van der Waals surface area contributed by atoms with Crippen molar-refractivity contribution in [1.29, 1.82) is 5.26 Å². The molecule has 0 unspecified atom stereocenters. The molecule has 1 N–H and O–H groups in total. The number of fused-ring (bicyclic) bond motifs is 3. The van der Waals surface area contributed by atoms with Crippen molar-refractivity contribution in [2.45, 2.75) is 32.5 Å². The maximum atomic E-state index is 13.1. The van der Waals surface area contributed by atoms with E-state index in [1.165, 1.54) is 79.3 Å². The Morgan fingerprint density at radius 1 is 0.481 bits per heavy atom.